The van der Waals surface area contributed by atoms with Crippen LogP contribution < -0.4 is 0 Å². The third-order valence-electron chi connectivity index (χ3n) is 4.07. The summed E-state index contributed by atoms with van der Waals surface area (Å²) >= 11 is 0. The maximum Gasteiger partial charge on any atom is 0.339 e. The van der Waals surface area contributed by atoms with Gasteiger partial charge in [-0.1, -0.05) is 25.7 Å². The number of rotatable bonds is 2. The van der Waals surface area contributed by atoms with Crippen molar-refractivity contribution in [1.29, 1.82) is 0 Å². The van der Waals surface area contributed by atoms with E-state index in [4.69, 9.17) is 4.74 Å². The number of aromatic nitrogens is 3. The Kier molecular flexibility index (Phi) is 3.67. The Balaban J connectivity index is 1.99. The van der Waals surface area contributed by atoms with Crippen molar-refractivity contribution < 1.29 is 9.53 Å². The fourth-order valence-electron chi connectivity index (χ4n) is 2.96. The summed E-state index contributed by atoms with van der Waals surface area (Å²) in [5.41, 5.74) is 1.33. The van der Waals surface area contributed by atoms with Gasteiger partial charge in [-0.2, -0.15) is 0 Å². The van der Waals surface area contributed by atoms with Crippen LogP contribution in [-0.2, 0) is 4.74 Å². The predicted molar refractivity (Wildman–Crippen MR) is 74.8 cm³/mol. The number of ether oxygens (including phenoxy) is 1. The molecule has 1 aliphatic rings. The summed E-state index contributed by atoms with van der Waals surface area (Å²) in [7, 11) is 1.39. The zero-order valence-corrected chi connectivity index (χ0v) is 11.7. The van der Waals surface area contributed by atoms with Gasteiger partial charge < -0.3 is 4.74 Å². The molecule has 2 aromatic rings. The normalized spacial score (nSPS) is 17.1. The van der Waals surface area contributed by atoms with Gasteiger partial charge in [-0.05, 0) is 25.0 Å². The van der Waals surface area contributed by atoms with E-state index in [0.717, 1.165) is 24.3 Å². The Hall–Kier alpha value is -1.91. The number of carbonyl (C=O) groups excluding carboxylic acids is 1. The maximum absolute atomic E-state index is 11.6. The average Bonchev–Trinajstić information content (AvgIpc) is 2.71. The topological polar surface area (TPSA) is 56.5 Å². The standard InChI is InChI=1S/C15H19N3O2/c1-20-15(19)12-8-9-13-16-17-14(18(13)10-12)11-6-4-2-3-5-7-11/h8-11H,2-7H2,1H3. The van der Waals surface area contributed by atoms with E-state index < -0.39 is 0 Å². The molecule has 2 aromatic heterocycles. The number of nitrogens with zero attached hydrogens (tertiary/aromatic N) is 3. The third kappa shape index (κ3) is 2.40. The lowest BCUT2D eigenvalue weighted by Gasteiger charge is -2.12. The fraction of sp³-hybridized carbons (Fsp3) is 0.533. The molecule has 2 heterocycles. The number of methoxy groups -OCH3 is 1. The number of hydrogen-bond acceptors (Lipinski definition) is 4. The van der Waals surface area contributed by atoms with Crippen LogP contribution in [0.1, 0.15) is 60.6 Å². The average molecular weight is 273 g/mol. The maximum atomic E-state index is 11.6. The summed E-state index contributed by atoms with van der Waals surface area (Å²) < 4.78 is 6.72. The summed E-state index contributed by atoms with van der Waals surface area (Å²) in [5.74, 6) is 1.10. The minimum Gasteiger partial charge on any atom is -0.465 e. The fourth-order valence-corrected chi connectivity index (χ4v) is 2.96. The first-order valence-corrected chi connectivity index (χ1v) is 7.22. The van der Waals surface area contributed by atoms with Gasteiger partial charge in [0, 0.05) is 12.1 Å². The Morgan fingerprint density at radius 3 is 2.65 bits per heavy atom. The molecule has 0 spiro atoms. The number of esters is 1. The second kappa shape index (κ2) is 5.61. The molecule has 1 saturated carbocycles. The van der Waals surface area contributed by atoms with Gasteiger partial charge in [0.15, 0.2) is 5.65 Å². The zero-order valence-electron chi connectivity index (χ0n) is 11.7. The Morgan fingerprint density at radius 1 is 1.20 bits per heavy atom. The smallest absolute Gasteiger partial charge is 0.339 e. The third-order valence-corrected chi connectivity index (χ3v) is 4.07. The van der Waals surface area contributed by atoms with Gasteiger partial charge in [0.05, 0.1) is 12.7 Å². The van der Waals surface area contributed by atoms with Crippen LogP contribution in [0.25, 0.3) is 5.65 Å². The summed E-state index contributed by atoms with van der Waals surface area (Å²) in [4.78, 5) is 11.6. The largest absolute Gasteiger partial charge is 0.465 e. The quantitative estimate of drug-likeness (QED) is 0.623. The van der Waals surface area contributed by atoms with Crippen molar-refractivity contribution in [3.05, 3.63) is 29.7 Å². The number of hydrogen-bond donors (Lipinski definition) is 0. The van der Waals surface area contributed by atoms with Crippen LogP contribution in [0.5, 0.6) is 0 Å². The van der Waals surface area contributed by atoms with Crippen LogP contribution >= 0.6 is 0 Å². The molecule has 0 radical (unpaired) electrons. The second-order valence-electron chi connectivity index (χ2n) is 5.38. The molecule has 0 atom stereocenters. The van der Waals surface area contributed by atoms with E-state index >= 15 is 0 Å². The van der Waals surface area contributed by atoms with Gasteiger partial charge in [-0.15, -0.1) is 10.2 Å². The van der Waals surface area contributed by atoms with Crippen molar-refractivity contribution in [3.8, 4) is 0 Å². The highest BCUT2D eigenvalue weighted by Gasteiger charge is 2.20. The van der Waals surface area contributed by atoms with Crippen molar-refractivity contribution in [3.63, 3.8) is 0 Å². The van der Waals surface area contributed by atoms with E-state index in [1.807, 2.05) is 10.5 Å². The molecule has 0 unspecified atom stereocenters. The molecular formula is C15H19N3O2. The SMILES string of the molecule is COC(=O)c1ccc2nnc(C3CCCCCC3)n2c1. The molecule has 0 aliphatic heterocycles. The van der Waals surface area contributed by atoms with Crippen LogP contribution in [-0.4, -0.2) is 27.7 Å². The van der Waals surface area contributed by atoms with E-state index in [1.165, 1.54) is 32.8 Å². The molecule has 5 heteroatoms. The lowest BCUT2D eigenvalue weighted by molar-refractivity contribution is 0.0600. The first-order chi connectivity index (χ1) is 9.79. The zero-order chi connectivity index (χ0) is 13.9. The molecule has 3 rings (SSSR count). The Morgan fingerprint density at radius 2 is 1.95 bits per heavy atom. The highest BCUT2D eigenvalue weighted by atomic mass is 16.5. The predicted octanol–water partition coefficient (Wildman–Crippen LogP) is 2.95. The highest BCUT2D eigenvalue weighted by Crippen LogP contribution is 2.30. The molecule has 5 nitrogen and oxygen atoms in total. The number of fused-ring (bicyclic) bond motifs is 1. The molecule has 0 bridgehead atoms. The summed E-state index contributed by atoms with van der Waals surface area (Å²) in [6, 6.07) is 3.55. The van der Waals surface area contributed by atoms with E-state index in [1.54, 1.807) is 12.3 Å². The molecule has 1 fully saturated rings. The Labute approximate surface area is 118 Å². The lowest BCUT2D eigenvalue weighted by Crippen LogP contribution is -2.07. The monoisotopic (exact) mass is 273 g/mol. The van der Waals surface area contributed by atoms with Crippen molar-refractivity contribution in [2.45, 2.75) is 44.4 Å². The lowest BCUT2D eigenvalue weighted by atomic mass is 9.99. The van der Waals surface area contributed by atoms with Gasteiger partial charge in [0.2, 0.25) is 0 Å². The minimum atomic E-state index is -0.326. The molecule has 0 amide bonds. The number of carbonyl (C=O) groups is 1. The van der Waals surface area contributed by atoms with Gasteiger partial charge in [-0.25, -0.2) is 4.79 Å². The van der Waals surface area contributed by atoms with Gasteiger partial charge in [0.25, 0.3) is 0 Å². The molecule has 1 aliphatic carbocycles. The number of pyridine rings is 1. The van der Waals surface area contributed by atoms with Crippen molar-refractivity contribution in [1.82, 2.24) is 14.6 Å². The van der Waals surface area contributed by atoms with Crippen LogP contribution in [0.4, 0.5) is 0 Å². The minimum absolute atomic E-state index is 0.326. The van der Waals surface area contributed by atoms with Gasteiger partial charge in [-0.3, -0.25) is 4.40 Å². The van der Waals surface area contributed by atoms with E-state index in [2.05, 4.69) is 10.2 Å². The van der Waals surface area contributed by atoms with Crippen LogP contribution in [0.15, 0.2) is 18.3 Å². The summed E-state index contributed by atoms with van der Waals surface area (Å²) in [6.45, 7) is 0. The van der Waals surface area contributed by atoms with E-state index in [9.17, 15) is 4.79 Å². The molecule has 0 N–H and O–H groups in total. The highest BCUT2D eigenvalue weighted by molar-refractivity contribution is 5.89. The van der Waals surface area contributed by atoms with Crippen LogP contribution in [0, 0.1) is 0 Å². The van der Waals surface area contributed by atoms with E-state index in [-0.39, 0.29) is 5.97 Å². The first kappa shape index (κ1) is 13.1. The van der Waals surface area contributed by atoms with Crippen molar-refractivity contribution in [2.75, 3.05) is 7.11 Å². The molecule has 0 saturated heterocycles. The van der Waals surface area contributed by atoms with Gasteiger partial charge in [0.1, 0.15) is 5.82 Å². The first-order valence-electron chi connectivity index (χ1n) is 7.22. The molecule has 0 aromatic carbocycles. The summed E-state index contributed by atoms with van der Waals surface area (Å²) in [6.07, 6.45) is 9.21. The molecule has 20 heavy (non-hydrogen) atoms. The second-order valence-corrected chi connectivity index (χ2v) is 5.38. The molecular weight excluding hydrogens is 254 g/mol. The van der Waals surface area contributed by atoms with Crippen LogP contribution in [0.3, 0.4) is 0 Å². The van der Waals surface area contributed by atoms with Crippen LogP contribution in [0.2, 0.25) is 0 Å². The molecule has 106 valence electrons. The van der Waals surface area contributed by atoms with Crippen molar-refractivity contribution in [2.24, 2.45) is 0 Å². The van der Waals surface area contributed by atoms with E-state index in [0.29, 0.717) is 11.5 Å². The Bertz CT molecular complexity index is 613. The van der Waals surface area contributed by atoms with Crippen molar-refractivity contribution >= 4 is 11.6 Å². The summed E-state index contributed by atoms with van der Waals surface area (Å²) in [5, 5.41) is 8.56. The van der Waals surface area contributed by atoms with Gasteiger partial charge >= 0.3 is 5.97 Å².